The third-order valence-electron chi connectivity index (χ3n) is 4.43. The first-order chi connectivity index (χ1) is 12.5. The topological polar surface area (TPSA) is 75.3 Å². The Balaban J connectivity index is 1.82. The van der Waals surface area contributed by atoms with Crippen molar-refractivity contribution in [3.63, 3.8) is 0 Å². The van der Waals surface area contributed by atoms with E-state index in [1.807, 2.05) is 6.07 Å². The summed E-state index contributed by atoms with van der Waals surface area (Å²) in [6, 6.07) is 11.3. The normalized spacial score (nSPS) is 17.0. The summed E-state index contributed by atoms with van der Waals surface area (Å²) >= 11 is 4.39. The van der Waals surface area contributed by atoms with Crippen LogP contribution in [0.5, 0.6) is 0 Å². The van der Waals surface area contributed by atoms with Gasteiger partial charge < -0.3 is 5.32 Å². The molecule has 1 aromatic carbocycles. The minimum absolute atomic E-state index is 0.114. The smallest absolute Gasteiger partial charge is 0.251 e. The molecule has 8 heteroatoms. The quantitative estimate of drug-likeness (QED) is 0.689. The maximum atomic E-state index is 12.9. The molecule has 1 saturated carbocycles. The van der Waals surface area contributed by atoms with Gasteiger partial charge in [0.05, 0.1) is 3.79 Å². The van der Waals surface area contributed by atoms with E-state index in [9.17, 15) is 13.2 Å². The summed E-state index contributed by atoms with van der Waals surface area (Å²) in [5.74, 6) is -0.303. The van der Waals surface area contributed by atoms with Crippen LogP contribution in [-0.4, -0.2) is 20.4 Å². The molecule has 140 valence electrons. The number of hydrogen-bond donors (Lipinski definition) is 2. The maximum Gasteiger partial charge on any atom is 0.251 e. The number of thiophene rings is 1. The minimum atomic E-state index is -3.79. The summed E-state index contributed by atoms with van der Waals surface area (Å²) < 4.78 is 28.9. The first kappa shape index (κ1) is 19.5. The van der Waals surface area contributed by atoms with Gasteiger partial charge in [-0.2, -0.15) is 4.72 Å². The van der Waals surface area contributed by atoms with Gasteiger partial charge in [-0.25, -0.2) is 8.42 Å². The Morgan fingerprint density at radius 2 is 1.77 bits per heavy atom. The number of benzene rings is 1. The third-order valence-corrected chi connectivity index (χ3v) is 7.97. The van der Waals surface area contributed by atoms with Crippen LogP contribution < -0.4 is 10.0 Å². The molecule has 0 spiro atoms. The molecule has 0 saturated heterocycles. The highest BCUT2D eigenvalue weighted by atomic mass is 79.9. The van der Waals surface area contributed by atoms with Crippen LogP contribution in [0.1, 0.15) is 43.7 Å². The molecule has 1 atom stereocenters. The molecule has 0 radical (unpaired) electrons. The van der Waals surface area contributed by atoms with E-state index in [0.29, 0.717) is 5.56 Å². The number of carbonyl (C=O) groups is 1. The fourth-order valence-electron chi connectivity index (χ4n) is 3.11. The molecule has 2 aromatic rings. The Hall–Kier alpha value is -1.22. The summed E-state index contributed by atoms with van der Waals surface area (Å²) in [6.07, 6.45) is 5.26. The number of nitrogens with one attached hydrogen (secondary N) is 2. The molecular formula is C18H21BrN2O3S2. The lowest BCUT2D eigenvalue weighted by Gasteiger charge is -2.26. The van der Waals surface area contributed by atoms with Crippen LogP contribution in [0.4, 0.5) is 0 Å². The van der Waals surface area contributed by atoms with Crippen LogP contribution in [0, 0.1) is 0 Å². The highest BCUT2D eigenvalue weighted by Gasteiger charge is 2.29. The van der Waals surface area contributed by atoms with Gasteiger partial charge >= 0.3 is 0 Å². The summed E-state index contributed by atoms with van der Waals surface area (Å²) in [4.78, 5) is 12.9. The average Bonchev–Trinajstić information content (AvgIpc) is 3.09. The van der Waals surface area contributed by atoms with E-state index in [0.717, 1.165) is 40.8 Å². The Morgan fingerprint density at radius 1 is 1.08 bits per heavy atom. The zero-order chi connectivity index (χ0) is 18.6. The van der Waals surface area contributed by atoms with Crippen LogP contribution in [0.25, 0.3) is 0 Å². The second-order valence-corrected chi connectivity index (χ2v) is 10.8. The van der Waals surface area contributed by atoms with Gasteiger partial charge in [0.2, 0.25) is 5.91 Å². The molecule has 2 N–H and O–H groups in total. The molecule has 5 nitrogen and oxygen atoms in total. The maximum absolute atomic E-state index is 12.9. The summed E-state index contributed by atoms with van der Waals surface area (Å²) in [5, 5.41) is 3.02. The fourth-order valence-corrected chi connectivity index (χ4v) is 6.32. The van der Waals surface area contributed by atoms with Crippen molar-refractivity contribution >= 4 is 43.2 Å². The van der Waals surface area contributed by atoms with Crippen LogP contribution in [0.2, 0.25) is 0 Å². The molecule has 1 aliphatic rings. The van der Waals surface area contributed by atoms with Gasteiger partial charge in [0, 0.05) is 6.04 Å². The summed E-state index contributed by atoms with van der Waals surface area (Å²) in [5.41, 5.74) is 0.625. The minimum Gasteiger partial charge on any atom is -0.352 e. The van der Waals surface area contributed by atoms with E-state index in [1.165, 1.54) is 12.5 Å². The Morgan fingerprint density at radius 3 is 2.38 bits per heavy atom. The lowest BCUT2D eigenvalue weighted by molar-refractivity contribution is -0.123. The van der Waals surface area contributed by atoms with Crippen LogP contribution in [0.3, 0.4) is 0 Å². The van der Waals surface area contributed by atoms with Crippen molar-refractivity contribution in [1.29, 1.82) is 0 Å². The number of amides is 1. The average molecular weight is 457 g/mol. The van der Waals surface area contributed by atoms with Crippen LogP contribution >= 0.6 is 27.3 Å². The van der Waals surface area contributed by atoms with E-state index in [4.69, 9.17) is 0 Å². The molecule has 3 rings (SSSR count). The summed E-state index contributed by atoms with van der Waals surface area (Å²) in [7, 11) is -3.79. The lowest BCUT2D eigenvalue weighted by Crippen LogP contribution is -2.44. The van der Waals surface area contributed by atoms with E-state index in [1.54, 1.807) is 30.3 Å². The van der Waals surface area contributed by atoms with Crippen molar-refractivity contribution in [1.82, 2.24) is 10.0 Å². The number of carbonyl (C=O) groups excluding carboxylic acids is 1. The number of sulfonamides is 1. The zero-order valence-electron chi connectivity index (χ0n) is 14.2. The first-order valence-corrected chi connectivity index (χ1v) is 11.7. The van der Waals surface area contributed by atoms with Gasteiger partial charge in [-0.05, 0) is 46.5 Å². The Kier molecular flexibility index (Phi) is 6.50. The van der Waals surface area contributed by atoms with Gasteiger partial charge in [-0.15, -0.1) is 11.3 Å². The molecule has 0 bridgehead atoms. The SMILES string of the molecule is O=C(NC1CCCCC1)[C@@H](NS(=O)(=O)c1ccc(Br)s1)c1ccccc1. The van der Waals surface area contributed by atoms with Crippen molar-refractivity contribution in [3.05, 3.63) is 51.8 Å². The van der Waals surface area contributed by atoms with Gasteiger partial charge in [-0.3, -0.25) is 4.79 Å². The van der Waals surface area contributed by atoms with Gasteiger partial charge in [0.25, 0.3) is 10.0 Å². The first-order valence-electron chi connectivity index (χ1n) is 8.59. The largest absolute Gasteiger partial charge is 0.352 e. The molecule has 0 unspecified atom stereocenters. The Labute approximate surface area is 166 Å². The molecule has 1 amide bonds. The highest BCUT2D eigenvalue weighted by Crippen LogP contribution is 2.27. The molecule has 1 fully saturated rings. The molecule has 26 heavy (non-hydrogen) atoms. The second kappa shape index (κ2) is 8.65. The molecule has 1 aromatic heterocycles. The monoisotopic (exact) mass is 456 g/mol. The zero-order valence-corrected chi connectivity index (χ0v) is 17.4. The van der Waals surface area contributed by atoms with E-state index in [2.05, 4.69) is 26.0 Å². The van der Waals surface area contributed by atoms with Gasteiger partial charge in [-0.1, -0.05) is 49.6 Å². The third kappa shape index (κ3) is 4.94. The summed E-state index contributed by atoms with van der Waals surface area (Å²) in [6.45, 7) is 0. The number of halogens is 1. The molecular weight excluding hydrogens is 436 g/mol. The Bertz CT molecular complexity index is 846. The number of rotatable bonds is 6. The second-order valence-electron chi connectivity index (χ2n) is 6.37. The van der Waals surface area contributed by atoms with Crippen molar-refractivity contribution in [3.8, 4) is 0 Å². The van der Waals surface area contributed by atoms with Crippen molar-refractivity contribution in [2.24, 2.45) is 0 Å². The predicted octanol–water partition coefficient (Wildman–Crippen LogP) is 3.98. The van der Waals surface area contributed by atoms with Crippen molar-refractivity contribution in [2.75, 3.05) is 0 Å². The van der Waals surface area contributed by atoms with Gasteiger partial charge in [0.1, 0.15) is 10.3 Å². The van der Waals surface area contributed by atoms with Crippen LogP contribution in [0.15, 0.2) is 50.5 Å². The van der Waals surface area contributed by atoms with Crippen molar-refractivity contribution < 1.29 is 13.2 Å². The lowest BCUT2D eigenvalue weighted by atomic mass is 9.95. The fraction of sp³-hybridized carbons (Fsp3) is 0.389. The van der Waals surface area contributed by atoms with E-state index >= 15 is 0 Å². The molecule has 1 aliphatic carbocycles. The van der Waals surface area contributed by atoms with Gasteiger partial charge in [0.15, 0.2) is 0 Å². The van der Waals surface area contributed by atoms with Crippen molar-refractivity contribution in [2.45, 2.75) is 48.4 Å². The standard InChI is InChI=1S/C18H21BrN2O3S2/c19-15-11-12-16(25-15)26(23,24)21-17(13-7-3-1-4-8-13)18(22)20-14-9-5-2-6-10-14/h1,3-4,7-8,11-12,14,17,21H,2,5-6,9-10H2,(H,20,22)/t17-/m0/s1. The molecule has 1 heterocycles. The van der Waals surface area contributed by atoms with Crippen LogP contribution in [-0.2, 0) is 14.8 Å². The number of hydrogen-bond acceptors (Lipinski definition) is 4. The molecule has 0 aliphatic heterocycles. The van der Waals surface area contributed by atoms with E-state index < -0.39 is 16.1 Å². The van der Waals surface area contributed by atoms with E-state index in [-0.39, 0.29) is 16.2 Å². The predicted molar refractivity (Wildman–Crippen MR) is 107 cm³/mol. The highest BCUT2D eigenvalue weighted by molar-refractivity contribution is 9.11.